The maximum absolute atomic E-state index is 12.3. The molecule has 0 aliphatic carbocycles. The molecule has 2 aromatic carbocycles. The van der Waals surface area contributed by atoms with Crippen LogP contribution in [0.15, 0.2) is 48.5 Å². The van der Waals surface area contributed by atoms with E-state index in [1.807, 2.05) is 44.2 Å². The number of amides is 1. The zero-order chi connectivity index (χ0) is 16.8. The third kappa shape index (κ3) is 4.71. The third-order valence-corrected chi connectivity index (χ3v) is 3.91. The predicted molar refractivity (Wildman–Crippen MR) is 94.1 cm³/mol. The Balaban J connectivity index is 1.96. The van der Waals surface area contributed by atoms with E-state index < -0.39 is 0 Å². The molecule has 2 N–H and O–H groups in total. The highest BCUT2D eigenvalue weighted by atomic mass is 35.5. The molecule has 1 amide bonds. The van der Waals surface area contributed by atoms with E-state index in [0.717, 1.165) is 5.56 Å². The van der Waals surface area contributed by atoms with E-state index in [-0.39, 0.29) is 18.0 Å². The van der Waals surface area contributed by atoms with E-state index in [1.165, 1.54) is 0 Å². The van der Waals surface area contributed by atoms with Crippen molar-refractivity contribution in [3.05, 3.63) is 59.1 Å². The van der Waals surface area contributed by atoms with Crippen LogP contribution in [-0.4, -0.2) is 19.1 Å². The topological polar surface area (TPSA) is 50.4 Å². The van der Waals surface area contributed by atoms with Gasteiger partial charge in [-0.25, -0.2) is 0 Å². The van der Waals surface area contributed by atoms with Gasteiger partial charge in [-0.1, -0.05) is 41.9 Å². The predicted octanol–water partition coefficient (Wildman–Crippen LogP) is 4.03. The number of carbonyl (C=O) groups excluding carboxylic acids is 1. The number of ether oxygens (including phenoxy) is 1. The highest BCUT2D eigenvalue weighted by molar-refractivity contribution is 6.32. The standard InChI is InChI=1S/C18H21ClN2O2/c1-12(14-7-5-4-6-8-14)20-13(2)18(22)21-15-9-10-17(23-3)16(19)11-15/h4-13,20H,1-3H3,(H,21,22)/t12-,13+/m1/s1. The first-order chi connectivity index (χ1) is 11.0. The normalized spacial score (nSPS) is 13.2. The second-order valence-electron chi connectivity index (χ2n) is 5.36. The van der Waals surface area contributed by atoms with Crippen molar-refractivity contribution in [2.75, 3.05) is 12.4 Å². The molecule has 4 nitrogen and oxygen atoms in total. The van der Waals surface area contributed by atoms with Gasteiger partial charge in [-0.2, -0.15) is 0 Å². The summed E-state index contributed by atoms with van der Waals surface area (Å²) in [4.78, 5) is 12.3. The summed E-state index contributed by atoms with van der Waals surface area (Å²) < 4.78 is 5.10. The minimum atomic E-state index is -0.342. The van der Waals surface area contributed by atoms with Gasteiger partial charge in [0.2, 0.25) is 5.91 Å². The fourth-order valence-electron chi connectivity index (χ4n) is 2.28. The largest absolute Gasteiger partial charge is 0.495 e. The Morgan fingerprint density at radius 1 is 1.13 bits per heavy atom. The molecule has 0 radical (unpaired) electrons. The summed E-state index contributed by atoms with van der Waals surface area (Å²) >= 11 is 6.06. The molecule has 0 aliphatic rings. The van der Waals surface area contributed by atoms with Crippen LogP contribution >= 0.6 is 11.6 Å². The second-order valence-corrected chi connectivity index (χ2v) is 5.77. The number of rotatable bonds is 6. The van der Waals surface area contributed by atoms with Crippen molar-refractivity contribution >= 4 is 23.2 Å². The number of halogens is 1. The fraction of sp³-hybridized carbons (Fsp3) is 0.278. The Morgan fingerprint density at radius 2 is 1.83 bits per heavy atom. The van der Waals surface area contributed by atoms with Gasteiger partial charge in [-0.3, -0.25) is 10.1 Å². The maximum Gasteiger partial charge on any atom is 0.241 e. The van der Waals surface area contributed by atoms with Crippen LogP contribution in [0.3, 0.4) is 0 Å². The average molecular weight is 333 g/mol. The number of anilines is 1. The summed E-state index contributed by atoms with van der Waals surface area (Å²) in [6.07, 6.45) is 0. The van der Waals surface area contributed by atoms with Crippen molar-refractivity contribution in [3.8, 4) is 5.75 Å². The Kier molecular flexibility index (Phi) is 6.02. The Morgan fingerprint density at radius 3 is 2.43 bits per heavy atom. The molecule has 0 saturated heterocycles. The summed E-state index contributed by atoms with van der Waals surface area (Å²) in [5.74, 6) is 0.461. The van der Waals surface area contributed by atoms with E-state index in [4.69, 9.17) is 16.3 Å². The third-order valence-electron chi connectivity index (χ3n) is 3.61. The minimum absolute atomic E-state index is 0.0800. The Labute approximate surface area is 141 Å². The van der Waals surface area contributed by atoms with E-state index in [1.54, 1.807) is 25.3 Å². The Bertz CT molecular complexity index is 661. The van der Waals surface area contributed by atoms with Gasteiger partial charge in [0.15, 0.2) is 0 Å². The molecule has 0 spiro atoms. The number of benzene rings is 2. The van der Waals surface area contributed by atoms with Gasteiger partial charge < -0.3 is 10.1 Å². The molecule has 0 bridgehead atoms. The molecular weight excluding hydrogens is 312 g/mol. The molecule has 0 heterocycles. The van der Waals surface area contributed by atoms with Crippen molar-refractivity contribution < 1.29 is 9.53 Å². The van der Waals surface area contributed by atoms with Crippen LogP contribution in [0.1, 0.15) is 25.5 Å². The quantitative estimate of drug-likeness (QED) is 0.839. The van der Waals surface area contributed by atoms with E-state index in [9.17, 15) is 4.79 Å². The smallest absolute Gasteiger partial charge is 0.241 e. The number of hydrogen-bond acceptors (Lipinski definition) is 3. The molecule has 122 valence electrons. The van der Waals surface area contributed by atoms with Crippen LogP contribution < -0.4 is 15.4 Å². The van der Waals surface area contributed by atoms with Crippen LogP contribution in [0.5, 0.6) is 5.75 Å². The summed E-state index contributed by atoms with van der Waals surface area (Å²) in [5.41, 5.74) is 1.78. The van der Waals surface area contributed by atoms with E-state index in [2.05, 4.69) is 10.6 Å². The number of methoxy groups -OCH3 is 1. The molecule has 0 aromatic heterocycles. The monoisotopic (exact) mass is 332 g/mol. The molecule has 0 aliphatic heterocycles. The van der Waals surface area contributed by atoms with Gasteiger partial charge in [-0.15, -0.1) is 0 Å². The van der Waals surface area contributed by atoms with Crippen LogP contribution in [-0.2, 0) is 4.79 Å². The van der Waals surface area contributed by atoms with Crippen LogP contribution in [0.4, 0.5) is 5.69 Å². The first-order valence-electron chi connectivity index (χ1n) is 7.46. The van der Waals surface area contributed by atoms with Crippen molar-refractivity contribution in [2.45, 2.75) is 25.9 Å². The Hall–Kier alpha value is -2.04. The van der Waals surface area contributed by atoms with Gasteiger partial charge in [-0.05, 0) is 37.6 Å². The SMILES string of the molecule is COc1ccc(NC(=O)[C@H](C)N[C@H](C)c2ccccc2)cc1Cl. The van der Waals surface area contributed by atoms with E-state index >= 15 is 0 Å². The molecule has 2 atom stereocenters. The van der Waals surface area contributed by atoms with Gasteiger partial charge >= 0.3 is 0 Å². The highest BCUT2D eigenvalue weighted by Gasteiger charge is 2.16. The van der Waals surface area contributed by atoms with Gasteiger partial charge in [0.1, 0.15) is 5.75 Å². The molecule has 0 unspecified atom stereocenters. The molecule has 2 rings (SSSR count). The molecule has 0 saturated carbocycles. The molecule has 2 aromatic rings. The van der Waals surface area contributed by atoms with Crippen LogP contribution in [0, 0.1) is 0 Å². The molecule has 5 heteroatoms. The molecule has 23 heavy (non-hydrogen) atoms. The molecule has 0 fully saturated rings. The minimum Gasteiger partial charge on any atom is -0.495 e. The van der Waals surface area contributed by atoms with Gasteiger partial charge in [0.05, 0.1) is 18.2 Å². The van der Waals surface area contributed by atoms with Gasteiger partial charge in [0.25, 0.3) is 0 Å². The lowest BCUT2D eigenvalue weighted by Gasteiger charge is -2.20. The van der Waals surface area contributed by atoms with Crippen molar-refractivity contribution in [1.29, 1.82) is 0 Å². The number of hydrogen-bond donors (Lipinski definition) is 2. The summed E-state index contributed by atoms with van der Waals surface area (Å²) in [6, 6.07) is 14.9. The van der Waals surface area contributed by atoms with E-state index in [0.29, 0.717) is 16.5 Å². The maximum atomic E-state index is 12.3. The first-order valence-corrected chi connectivity index (χ1v) is 7.84. The van der Waals surface area contributed by atoms with Gasteiger partial charge in [0, 0.05) is 11.7 Å². The number of nitrogens with one attached hydrogen (secondary N) is 2. The lowest BCUT2D eigenvalue weighted by molar-refractivity contribution is -0.117. The first kappa shape index (κ1) is 17.3. The van der Waals surface area contributed by atoms with Crippen molar-refractivity contribution in [1.82, 2.24) is 5.32 Å². The zero-order valence-corrected chi connectivity index (χ0v) is 14.2. The summed E-state index contributed by atoms with van der Waals surface area (Å²) in [5, 5.41) is 6.59. The lowest BCUT2D eigenvalue weighted by Crippen LogP contribution is -2.39. The summed E-state index contributed by atoms with van der Waals surface area (Å²) in [7, 11) is 1.55. The van der Waals surface area contributed by atoms with Crippen molar-refractivity contribution in [2.24, 2.45) is 0 Å². The van der Waals surface area contributed by atoms with Crippen molar-refractivity contribution in [3.63, 3.8) is 0 Å². The lowest BCUT2D eigenvalue weighted by atomic mass is 10.1. The highest BCUT2D eigenvalue weighted by Crippen LogP contribution is 2.27. The fourth-order valence-corrected chi connectivity index (χ4v) is 2.54. The van der Waals surface area contributed by atoms with Crippen LogP contribution in [0.2, 0.25) is 5.02 Å². The number of carbonyl (C=O) groups is 1. The average Bonchev–Trinajstić information content (AvgIpc) is 2.55. The van der Waals surface area contributed by atoms with Crippen LogP contribution in [0.25, 0.3) is 0 Å². The molecular formula is C18H21ClN2O2. The summed E-state index contributed by atoms with van der Waals surface area (Å²) in [6.45, 7) is 3.86. The second kappa shape index (κ2) is 7.99. The zero-order valence-electron chi connectivity index (χ0n) is 13.5.